The molecule has 0 unspecified atom stereocenters. The van der Waals surface area contributed by atoms with Crippen LogP contribution in [-0.2, 0) is 24.0 Å². The van der Waals surface area contributed by atoms with Crippen molar-refractivity contribution in [3.8, 4) is 0 Å². The number of oxime groups is 2. The summed E-state index contributed by atoms with van der Waals surface area (Å²) in [5, 5.41) is 26.1. The molecule has 0 aliphatic carbocycles. The van der Waals surface area contributed by atoms with Gasteiger partial charge in [-0.1, -0.05) is 10.3 Å². The van der Waals surface area contributed by atoms with E-state index in [-0.39, 0.29) is 17.3 Å². The predicted octanol–water partition coefficient (Wildman–Crippen LogP) is 5.57. The molecule has 0 aromatic carbocycles. The molecule has 292 valence electrons. The molecule has 6 heterocycles. The van der Waals surface area contributed by atoms with Crippen LogP contribution in [0, 0.1) is 0 Å². The number of rotatable bonds is 2. The Labute approximate surface area is 300 Å². The largest absolute Gasteiger partial charge is 0.490 e. The normalized spacial score (nSPS) is 18.6. The Morgan fingerprint density at radius 1 is 0.717 bits per heavy atom. The van der Waals surface area contributed by atoms with E-state index in [0.717, 1.165) is 74.2 Å². The second-order valence-corrected chi connectivity index (χ2v) is 13.3. The lowest BCUT2D eigenvalue weighted by Gasteiger charge is -2.37. The molecule has 20 heteroatoms. The monoisotopic (exact) mass is 762 g/mol. The van der Waals surface area contributed by atoms with E-state index in [1.54, 1.807) is 29.7 Å². The summed E-state index contributed by atoms with van der Waals surface area (Å²) >= 11 is 0. The third kappa shape index (κ3) is 13.5. The number of ether oxygens (including phenoxy) is 1. The number of carbonyl (C=O) groups excluding carboxylic acids is 1. The lowest BCUT2D eigenvalue weighted by Crippen LogP contribution is -2.48. The molecule has 6 rings (SSSR count). The van der Waals surface area contributed by atoms with Crippen molar-refractivity contribution in [2.24, 2.45) is 10.3 Å². The van der Waals surface area contributed by atoms with E-state index in [4.69, 9.17) is 34.2 Å². The second kappa shape index (κ2) is 17.7. The molecule has 2 fully saturated rings. The Hall–Kier alpha value is -5.01. The summed E-state index contributed by atoms with van der Waals surface area (Å²) in [4.78, 5) is 51.2. The number of nitrogens with one attached hydrogen (secondary N) is 1. The molecule has 4 aliphatic heterocycles. The highest BCUT2D eigenvalue weighted by atomic mass is 19.4. The number of pyridine rings is 2. The standard InChI is InChI=1S/C17H23N3O3.C12H15N3O.2C2HF3O2/c1-16(2,3)22-15(21)20-10-6-17(7-11-20)12-14(19-23-17)13-4-8-18-9-5-13;1-5-13-6-2-10(1)11-9-12(16-15-11)3-7-14-8-4-12;2*3-2(4,5)1(6)7/h4-5,8-9H,6-7,10-12H2,1-3H3;1-2,5-6,14H,3-4,7-9H2;2*(H,6,7). The molecular formula is C33H40F6N6O8. The first-order chi connectivity index (χ1) is 24.6. The second-order valence-electron chi connectivity index (χ2n) is 13.3. The summed E-state index contributed by atoms with van der Waals surface area (Å²) in [6.45, 7) is 8.96. The van der Waals surface area contributed by atoms with Crippen LogP contribution >= 0.6 is 0 Å². The van der Waals surface area contributed by atoms with Crippen LogP contribution in [0.3, 0.4) is 0 Å². The summed E-state index contributed by atoms with van der Waals surface area (Å²) in [5.74, 6) is -5.51. The number of aliphatic carboxylic acids is 2. The fraction of sp³-hybridized carbons (Fsp3) is 0.545. The third-order valence-corrected chi connectivity index (χ3v) is 8.03. The van der Waals surface area contributed by atoms with Crippen molar-refractivity contribution < 1.29 is 65.4 Å². The van der Waals surface area contributed by atoms with Gasteiger partial charge in [0, 0.05) is 87.5 Å². The number of amides is 1. The summed E-state index contributed by atoms with van der Waals surface area (Å²) in [5.41, 5.74) is 3.41. The molecule has 2 aromatic heterocycles. The zero-order valence-electron chi connectivity index (χ0n) is 29.0. The lowest BCUT2D eigenvalue weighted by molar-refractivity contribution is -0.193. The molecule has 2 spiro atoms. The predicted molar refractivity (Wildman–Crippen MR) is 175 cm³/mol. The minimum atomic E-state index is -5.08. The van der Waals surface area contributed by atoms with Crippen molar-refractivity contribution in [1.29, 1.82) is 0 Å². The molecule has 0 bridgehead atoms. The SMILES string of the molecule is CC(C)(C)OC(=O)N1CCC2(CC1)CC(c1ccncc1)=NO2.O=C(O)C(F)(F)F.O=C(O)C(F)(F)F.c1cc(C2=NOC3(CCNCC3)C2)ccn1. The summed E-state index contributed by atoms with van der Waals surface area (Å²) in [6, 6.07) is 7.86. The number of carbonyl (C=O) groups is 3. The highest BCUT2D eigenvalue weighted by Gasteiger charge is 2.44. The molecule has 2 saturated heterocycles. The maximum absolute atomic E-state index is 12.1. The van der Waals surface area contributed by atoms with Crippen LogP contribution in [0.15, 0.2) is 59.4 Å². The summed E-state index contributed by atoms with van der Waals surface area (Å²) in [6.07, 6.45) is 2.03. The minimum Gasteiger partial charge on any atom is -0.475 e. The number of halogens is 6. The first-order valence-corrected chi connectivity index (χ1v) is 16.2. The van der Waals surface area contributed by atoms with Crippen molar-refractivity contribution in [3.05, 3.63) is 60.2 Å². The number of hydrogen-bond acceptors (Lipinski definition) is 11. The third-order valence-electron chi connectivity index (χ3n) is 8.03. The van der Waals surface area contributed by atoms with Gasteiger partial charge in [-0.3, -0.25) is 9.97 Å². The van der Waals surface area contributed by atoms with Gasteiger partial charge in [0.05, 0.1) is 11.4 Å². The fourth-order valence-corrected chi connectivity index (χ4v) is 5.28. The van der Waals surface area contributed by atoms with E-state index >= 15 is 0 Å². The number of nitrogens with zero attached hydrogens (tertiary/aromatic N) is 5. The maximum atomic E-state index is 12.1. The summed E-state index contributed by atoms with van der Waals surface area (Å²) < 4.78 is 68.9. The first-order valence-electron chi connectivity index (χ1n) is 16.2. The topological polar surface area (TPSA) is 185 Å². The van der Waals surface area contributed by atoms with E-state index in [9.17, 15) is 31.1 Å². The van der Waals surface area contributed by atoms with Gasteiger partial charge in [0.25, 0.3) is 0 Å². The number of carboxylic acids is 2. The van der Waals surface area contributed by atoms with Crippen LogP contribution in [0.1, 0.15) is 70.4 Å². The average molecular weight is 763 g/mol. The highest BCUT2D eigenvalue weighted by molar-refractivity contribution is 6.02. The number of likely N-dealkylation sites (tertiary alicyclic amines) is 1. The summed E-state index contributed by atoms with van der Waals surface area (Å²) in [7, 11) is 0. The van der Waals surface area contributed by atoms with Crippen molar-refractivity contribution >= 4 is 29.5 Å². The molecule has 1 amide bonds. The van der Waals surface area contributed by atoms with E-state index in [2.05, 4.69) is 25.6 Å². The van der Waals surface area contributed by atoms with Crippen molar-refractivity contribution in [2.45, 2.75) is 88.5 Å². The lowest BCUT2D eigenvalue weighted by atomic mass is 9.86. The van der Waals surface area contributed by atoms with Crippen molar-refractivity contribution in [1.82, 2.24) is 20.2 Å². The van der Waals surface area contributed by atoms with E-state index < -0.39 is 29.9 Å². The van der Waals surface area contributed by atoms with E-state index in [0.29, 0.717) is 13.1 Å². The molecule has 0 atom stereocenters. The number of piperidine rings is 2. The molecule has 2 aromatic rings. The van der Waals surface area contributed by atoms with Gasteiger partial charge in [-0.05, 0) is 58.1 Å². The fourth-order valence-electron chi connectivity index (χ4n) is 5.28. The number of hydrogen-bond donors (Lipinski definition) is 3. The number of aromatic nitrogens is 2. The van der Waals surface area contributed by atoms with E-state index in [1.165, 1.54) is 0 Å². The van der Waals surface area contributed by atoms with E-state index in [1.807, 2.05) is 45.0 Å². The Morgan fingerprint density at radius 3 is 1.42 bits per heavy atom. The molecule has 0 saturated carbocycles. The van der Waals surface area contributed by atoms with Gasteiger partial charge in [-0.25, -0.2) is 14.4 Å². The van der Waals surface area contributed by atoms with Crippen LogP contribution in [0.4, 0.5) is 31.1 Å². The van der Waals surface area contributed by atoms with Gasteiger partial charge >= 0.3 is 30.4 Å². The van der Waals surface area contributed by atoms with Gasteiger partial charge in [0.1, 0.15) is 16.8 Å². The maximum Gasteiger partial charge on any atom is 0.490 e. The molecule has 4 aliphatic rings. The Balaban J connectivity index is 0.000000217. The van der Waals surface area contributed by atoms with Crippen LogP contribution in [0.25, 0.3) is 0 Å². The highest BCUT2D eigenvalue weighted by Crippen LogP contribution is 2.37. The Bertz CT molecular complexity index is 1560. The van der Waals surface area contributed by atoms with Gasteiger partial charge in [-0.2, -0.15) is 26.3 Å². The zero-order chi connectivity index (χ0) is 39.5. The van der Waals surface area contributed by atoms with Gasteiger partial charge in [-0.15, -0.1) is 0 Å². The van der Waals surface area contributed by atoms with Gasteiger partial charge in [0.2, 0.25) is 0 Å². The molecule has 14 nitrogen and oxygen atoms in total. The van der Waals surface area contributed by atoms with Crippen LogP contribution < -0.4 is 5.32 Å². The molecular weight excluding hydrogens is 722 g/mol. The van der Waals surface area contributed by atoms with Gasteiger partial charge in [0.15, 0.2) is 0 Å². The molecule has 3 N–H and O–H groups in total. The van der Waals surface area contributed by atoms with Gasteiger partial charge < -0.3 is 34.8 Å². The minimum absolute atomic E-state index is 0.0378. The number of carboxylic acid groups (broad SMARTS) is 2. The van der Waals surface area contributed by atoms with Crippen LogP contribution in [0.2, 0.25) is 0 Å². The van der Waals surface area contributed by atoms with Crippen LogP contribution in [0.5, 0.6) is 0 Å². The average Bonchev–Trinajstić information content (AvgIpc) is 3.70. The number of alkyl halides is 6. The smallest absolute Gasteiger partial charge is 0.475 e. The molecule has 53 heavy (non-hydrogen) atoms. The zero-order valence-corrected chi connectivity index (χ0v) is 29.0. The van der Waals surface area contributed by atoms with Crippen LogP contribution in [-0.4, -0.2) is 110 Å². The first kappa shape index (κ1) is 42.4. The molecule has 0 radical (unpaired) electrons. The Kier molecular flexibility index (Phi) is 14.1. The quantitative estimate of drug-likeness (QED) is 0.325. The van der Waals surface area contributed by atoms with Crippen molar-refractivity contribution in [2.75, 3.05) is 26.2 Å². The Morgan fingerprint density at radius 2 is 1.08 bits per heavy atom. The van der Waals surface area contributed by atoms with Crippen molar-refractivity contribution in [3.63, 3.8) is 0 Å².